The third-order valence-electron chi connectivity index (χ3n) is 2.00. The Hall–Kier alpha value is -1.25. The van der Waals surface area contributed by atoms with E-state index in [2.05, 4.69) is 10.1 Å². The average Bonchev–Trinajstić information content (AvgIpc) is 2.27. The average molecular weight is 280 g/mol. The van der Waals surface area contributed by atoms with Gasteiger partial charge in [-0.25, -0.2) is 22.3 Å². The predicted octanol–water partition coefficient (Wildman–Crippen LogP) is 1.03. The zero-order valence-corrected chi connectivity index (χ0v) is 10.3. The van der Waals surface area contributed by atoms with Gasteiger partial charge in [-0.05, 0) is 24.3 Å². The fourth-order valence-corrected chi connectivity index (χ4v) is 1.72. The van der Waals surface area contributed by atoms with Crippen molar-refractivity contribution in [2.45, 2.75) is 11.3 Å². The monoisotopic (exact) mass is 280 g/mol. The molecule has 0 fully saturated rings. The van der Waals surface area contributed by atoms with Crippen molar-refractivity contribution in [3.63, 3.8) is 0 Å². The summed E-state index contributed by atoms with van der Waals surface area (Å²) in [6, 6.07) is 5.79. The van der Waals surface area contributed by atoms with Gasteiger partial charge in [0.1, 0.15) is 6.61 Å². The maximum atomic E-state index is 11.7. The maximum Gasteiger partial charge on any atom is 0.261 e. The van der Waals surface area contributed by atoms with Gasteiger partial charge in [0.25, 0.3) is 6.43 Å². The number of anilines is 1. The van der Waals surface area contributed by atoms with Crippen molar-refractivity contribution in [2.24, 2.45) is 5.14 Å². The zero-order chi connectivity index (χ0) is 13.6. The molecule has 0 aliphatic heterocycles. The molecular weight excluding hydrogens is 266 g/mol. The Morgan fingerprint density at radius 1 is 1.28 bits per heavy atom. The minimum absolute atomic E-state index is 0.0157. The topological polar surface area (TPSA) is 81.4 Å². The van der Waals surface area contributed by atoms with Crippen LogP contribution < -0.4 is 10.5 Å². The van der Waals surface area contributed by atoms with Crippen LogP contribution >= 0.6 is 0 Å². The molecule has 0 bridgehead atoms. The summed E-state index contributed by atoms with van der Waals surface area (Å²) >= 11 is 0. The summed E-state index contributed by atoms with van der Waals surface area (Å²) in [4.78, 5) is 0.0157. The molecule has 5 nitrogen and oxygen atoms in total. The Balaban J connectivity index is 2.36. The molecule has 0 atom stereocenters. The molecule has 0 radical (unpaired) electrons. The van der Waals surface area contributed by atoms with Crippen molar-refractivity contribution in [1.29, 1.82) is 0 Å². The van der Waals surface area contributed by atoms with E-state index in [0.29, 0.717) is 12.2 Å². The van der Waals surface area contributed by atoms with Crippen molar-refractivity contribution >= 4 is 15.7 Å². The number of alkyl halides is 2. The highest BCUT2D eigenvalue weighted by atomic mass is 32.2. The summed E-state index contributed by atoms with van der Waals surface area (Å²) < 4.78 is 50.1. The fraction of sp³-hybridized carbons (Fsp3) is 0.400. The first-order chi connectivity index (χ1) is 8.39. The van der Waals surface area contributed by atoms with Gasteiger partial charge < -0.3 is 10.1 Å². The van der Waals surface area contributed by atoms with E-state index >= 15 is 0 Å². The van der Waals surface area contributed by atoms with Gasteiger partial charge in [0.2, 0.25) is 10.0 Å². The molecule has 0 amide bonds. The first-order valence-electron chi connectivity index (χ1n) is 5.12. The van der Waals surface area contributed by atoms with Crippen LogP contribution in [-0.2, 0) is 14.8 Å². The summed E-state index contributed by atoms with van der Waals surface area (Å²) in [5.74, 6) is 0. The Morgan fingerprint density at radius 2 is 1.89 bits per heavy atom. The van der Waals surface area contributed by atoms with Gasteiger partial charge in [0.15, 0.2) is 0 Å². The van der Waals surface area contributed by atoms with Gasteiger partial charge in [0, 0.05) is 12.2 Å². The van der Waals surface area contributed by atoms with Crippen molar-refractivity contribution in [1.82, 2.24) is 0 Å². The molecule has 102 valence electrons. The molecule has 0 saturated heterocycles. The van der Waals surface area contributed by atoms with Gasteiger partial charge in [-0.15, -0.1) is 0 Å². The molecule has 0 aromatic heterocycles. The van der Waals surface area contributed by atoms with E-state index in [9.17, 15) is 17.2 Å². The first kappa shape index (κ1) is 14.8. The quantitative estimate of drug-likeness (QED) is 0.731. The van der Waals surface area contributed by atoms with E-state index in [1.54, 1.807) is 0 Å². The lowest BCUT2D eigenvalue weighted by molar-refractivity contribution is 0.0215. The number of sulfonamides is 1. The molecule has 0 unspecified atom stereocenters. The highest BCUT2D eigenvalue weighted by Crippen LogP contribution is 2.12. The van der Waals surface area contributed by atoms with Crippen molar-refractivity contribution < 1.29 is 21.9 Å². The number of nitrogens with one attached hydrogen (secondary N) is 1. The molecule has 18 heavy (non-hydrogen) atoms. The summed E-state index contributed by atoms with van der Waals surface area (Å²) in [5.41, 5.74) is 0.656. The van der Waals surface area contributed by atoms with E-state index in [4.69, 9.17) is 5.14 Å². The van der Waals surface area contributed by atoms with E-state index in [-0.39, 0.29) is 11.5 Å². The maximum absolute atomic E-state index is 11.7. The van der Waals surface area contributed by atoms with Gasteiger partial charge >= 0.3 is 0 Å². The molecule has 0 spiro atoms. The number of benzene rings is 1. The highest BCUT2D eigenvalue weighted by molar-refractivity contribution is 7.89. The minimum atomic E-state index is -3.69. The second kappa shape index (κ2) is 6.62. The zero-order valence-electron chi connectivity index (χ0n) is 9.47. The Morgan fingerprint density at radius 3 is 2.39 bits per heavy atom. The van der Waals surface area contributed by atoms with Crippen molar-refractivity contribution in [2.75, 3.05) is 25.1 Å². The molecule has 8 heteroatoms. The number of nitrogens with two attached hydrogens (primary N) is 1. The van der Waals surface area contributed by atoms with E-state index in [1.807, 2.05) is 0 Å². The third-order valence-corrected chi connectivity index (χ3v) is 2.93. The van der Waals surface area contributed by atoms with E-state index < -0.39 is 23.1 Å². The molecule has 1 aromatic rings. The summed E-state index contributed by atoms with van der Waals surface area (Å²) in [6.45, 7) is -0.102. The highest BCUT2D eigenvalue weighted by Gasteiger charge is 2.06. The number of rotatable bonds is 7. The minimum Gasteiger partial charge on any atom is -0.383 e. The first-order valence-corrected chi connectivity index (χ1v) is 6.67. The number of hydrogen-bond acceptors (Lipinski definition) is 4. The molecule has 1 rings (SSSR count). The normalized spacial score (nSPS) is 11.8. The van der Waals surface area contributed by atoms with Gasteiger partial charge in [0.05, 0.1) is 11.5 Å². The molecule has 0 aliphatic carbocycles. The SMILES string of the molecule is NS(=O)(=O)c1ccc(NCCOCC(F)F)cc1. The van der Waals surface area contributed by atoms with Crippen LogP contribution in [0.1, 0.15) is 0 Å². The molecule has 3 N–H and O–H groups in total. The number of hydrogen-bond donors (Lipinski definition) is 2. The summed E-state index contributed by atoms with van der Waals surface area (Å²) in [6.07, 6.45) is -2.47. The van der Waals surface area contributed by atoms with Crippen LogP contribution in [0.3, 0.4) is 0 Å². The largest absolute Gasteiger partial charge is 0.383 e. The van der Waals surface area contributed by atoms with Crippen LogP contribution in [0, 0.1) is 0 Å². The fourth-order valence-electron chi connectivity index (χ4n) is 1.20. The Kier molecular flexibility index (Phi) is 5.45. The van der Waals surface area contributed by atoms with Crippen LogP contribution in [0.15, 0.2) is 29.2 Å². The lowest BCUT2D eigenvalue weighted by Crippen LogP contribution is -2.14. The second-order valence-corrected chi connectivity index (χ2v) is 5.02. The Bertz CT molecular complexity index is 463. The van der Waals surface area contributed by atoms with Gasteiger partial charge in [-0.3, -0.25) is 0 Å². The van der Waals surface area contributed by atoms with Crippen LogP contribution in [0.2, 0.25) is 0 Å². The number of ether oxygens (including phenoxy) is 1. The lowest BCUT2D eigenvalue weighted by atomic mass is 10.3. The summed E-state index contributed by atoms with van der Waals surface area (Å²) in [7, 11) is -3.69. The number of primary sulfonamides is 1. The second-order valence-electron chi connectivity index (χ2n) is 3.46. The Labute approximate surface area is 104 Å². The van der Waals surface area contributed by atoms with Crippen LogP contribution in [0.5, 0.6) is 0 Å². The standard InChI is InChI=1S/C10H14F2N2O3S/c11-10(12)7-17-6-5-14-8-1-3-9(4-2-8)18(13,15)16/h1-4,10,14H,5-7H2,(H2,13,15,16). The van der Waals surface area contributed by atoms with E-state index in [0.717, 1.165) is 0 Å². The van der Waals surface area contributed by atoms with Crippen molar-refractivity contribution in [3.05, 3.63) is 24.3 Å². The molecule has 0 saturated carbocycles. The van der Waals surface area contributed by atoms with Gasteiger partial charge in [-0.2, -0.15) is 0 Å². The third kappa shape index (κ3) is 5.39. The molecule has 1 aromatic carbocycles. The molecule has 0 aliphatic rings. The van der Waals surface area contributed by atoms with Crippen molar-refractivity contribution in [3.8, 4) is 0 Å². The van der Waals surface area contributed by atoms with Crippen LogP contribution in [-0.4, -0.2) is 34.6 Å². The van der Waals surface area contributed by atoms with Crippen LogP contribution in [0.25, 0.3) is 0 Å². The lowest BCUT2D eigenvalue weighted by Gasteiger charge is -2.07. The number of halogens is 2. The smallest absolute Gasteiger partial charge is 0.261 e. The molecule has 0 heterocycles. The van der Waals surface area contributed by atoms with Gasteiger partial charge in [-0.1, -0.05) is 0 Å². The van der Waals surface area contributed by atoms with Crippen LogP contribution in [0.4, 0.5) is 14.5 Å². The van der Waals surface area contributed by atoms with E-state index in [1.165, 1.54) is 24.3 Å². The molecular formula is C10H14F2N2O3S. The predicted molar refractivity (Wildman–Crippen MR) is 63.1 cm³/mol. The summed E-state index contributed by atoms with van der Waals surface area (Å²) in [5, 5.41) is 7.83.